The minimum atomic E-state index is -1.42. The number of hydrogen-bond acceptors (Lipinski definition) is 11. The van der Waals surface area contributed by atoms with Crippen LogP contribution in [0.3, 0.4) is 0 Å². The number of ether oxygens (including phenoxy) is 3. The molecule has 2 unspecified atom stereocenters. The van der Waals surface area contributed by atoms with E-state index >= 15 is 0 Å². The quantitative estimate of drug-likeness (QED) is 0.205. The lowest BCUT2D eigenvalue weighted by Gasteiger charge is -2.18. The maximum absolute atomic E-state index is 13.5. The Hall–Kier alpha value is -4.23. The normalized spacial score (nSPS) is 16.9. The van der Waals surface area contributed by atoms with E-state index in [1.54, 1.807) is 25.3 Å². The van der Waals surface area contributed by atoms with Crippen LogP contribution in [0.1, 0.15) is 49.4 Å². The lowest BCUT2D eigenvalue weighted by atomic mass is 9.98. The maximum Gasteiger partial charge on any atom is 0.509 e. The van der Waals surface area contributed by atoms with Crippen LogP contribution < -0.4 is 0 Å². The standard InChI is InChI=1S/C28H30N6O6S/c1-5-41-26-29-23(28(3,4)37)22(25(35)38-15-21-16(2)39-27(36)40-21)34(26)14-17-10-12-18(13-11-17)19-8-6-7-9-20(19)24-30-32-33-31-24/h6-13,16,21,37H,5,14-15H2,1-4H3,(H,30,31,32,33). The average Bonchev–Trinajstić information content (AvgIpc) is 3.67. The van der Waals surface area contributed by atoms with Gasteiger partial charge in [0.25, 0.3) is 0 Å². The number of H-pyrrole nitrogens is 1. The molecule has 0 saturated carbocycles. The van der Waals surface area contributed by atoms with Crippen LogP contribution in [0.4, 0.5) is 4.79 Å². The first kappa shape index (κ1) is 28.3. The summed E-state index contributed by atoms with van der Waals surface area (Å²) < 4.78 is 17.4. The minimum absolute atomic E-state index is 0.137. The van der Waals surface area contributed by atoms with Crippen LogP contribution in [-0.4, -0.2) is 72.0 Å². The number of nitrogens with zero attached hydrogens (tertiary/aromatic N) is 5. The van der Waals surface area contributed by atoms with Crippen LogP contribution in [0.2, 0.25) is 0 Å². The molecule has 0 aliphatic carbocycles. The Morgan fingerprint density at radius 3 is 2.49 bits per heavy atom. The Labute approximate surface area is 240 Å². The Balaban J connectivity index is 1.45. The minimum Gasteiger partial charge on any atom is -0.457 e. The van der Waals surface area contributed by atoms with Gasteiger partial charge in [0, 0.05) is 5.56 Å². The molecule has 1 saturated heterocycles. The van der Waals surface area contributed by atoms with Crippen LogP contribution in [0, 0.1) is 0 Å². The second-order valence-electron chi connectivity index (χ2n) is 9.98. The number of benzene rings is 2. The SMILES string of the molecule is CCSc1nc(C(C)(C)O)c(C(=O)OCC2OC(=O)OC2C)n1Cc1ccc(-c2ccccc2-c2nn[nH]n2)cc1. The van der Waals surface area contributed by atoms with Crippen LogP contribution in [-0.2, 0) is 26.4 Å². The lowest BCUT2D eigenvalue weighted by molar-refractivity contribution is 0.0219. The zero-order valence-corrected chi connectivity index (χ0v) is 23.8. The van der Waals surface area contributed by atoms with Crippen molar-refractivity contribution in [2.24, 2.45) is 0 Å². The fourth-order valence-corrected chi connectivity index (χ4v) is 5.23. The van der Waals surface area contributed by atoms with Gasteiger partial charge in [-0.15, -0.1) is 10.2 Å². The molecule has 0 spiro atoms. The van der Waals surface area contributed by atoms with E-state index in [-0.39, 0.29) is 18.0 Å². The van der Waals surface area contributed by atoms with Gasteiger partial charge in [-0.1, -0.05) is 67.2 Å². The van der Waals surface area contributed by atoms with E-state index in [9.17, 15) is 14.7 Å². The number of rotatable bonds is 10. The highest BCUT2D eigenvalue weighted by Gasteiger charge is 2.37. The number of nitrogens with one attached hydrogen (secondary N) is 1. The lowest BCUT2D eigenvalue weighted by Crippen LogP contribution is -2.29. The molecule has 1 aliphatic rings. The molecule has 12 nitrogen and oxygen atoms in total. The predicted molar refractivity (Wildman–Crippen MR) is 149 cm³/mol. The molecule has 2 aromatic carbocycles. The molecule has 4 aromatic rings. The monoisotopic (exact) mass is 578 g/mol. The van der Waals surface area contributed by atoms with Gasteiger partial charge in [0.1, 0.15) is 24.0 Å². The first-order chi connectivity index (χ1) is 19.7. The van der Waals surface area contributed by atoms with Crippen LogP contribution in [0.15, 0.2) is 53.7 Å². The van der Waals surface area contributed by atoms with Gasteiger partial charge in [0.2, 0.25) is 5.82 Å². The number of hydrogen-bond donors (Lipinski definition) is 2. The number of aromatic amines is 1. The highest BCUT2D eigenvalue weighted by molar-refractivity contribution is 7.99. The van der Waals surface area contributed by atoms with E-state index in [2.05, 4.69) is 25.6 Å². The molecule has 1 fully saturated rings. The summed E-state index contributed by atoms with van der Waals surface area (Å²) in [6, 6.07) is 15.7. The van der Waals surface area contributed by atoms with Gasteiger partial charge >= 0.3 is 12.1 Å². The van der Waals surface area contributed by atoms with Gasteiger partial charge < -0.3 is 23.9 Å². The molecule has 2 N–H and O–H groups in total. The Bertz CT molecular complexity index is 1530. The number of aliphatic hydroxyl groups is 1. The zero-order chi connectivity index (χ0) is 29.1. The molecule has 0 bridgehead atoms. The van der Waals surface area contributed by atoms with Gasteiger partial charge in [0.05, 0.1) is 6.54 Å². The smallest absolute Gasteiger partial charge is 0.457 e. The molecule has 0 radical (unpaired) electrons. The largest absolute Gasteiger partial charge is 0.509 e. The van der Waals surface area contributed by atoms with Gasteiger partial charge in [-0.2, -0.15) is 5.21 Å². The van der Waals surface area contributed by atoms with Crippen molar-refractivity contribution in [3.8, 4) is 22.5 Å². The van der Waals surface area contributed by atoms with E-state index in [1.165, 1.54) is 11.8 Å². The number of tetrazole rings is 1. The van der Waals surface area contributed by atoms with Gasteiger partial charge in [-0.25, -0.2) is 14.6 Å². The molecule has 5 rings (SSSR count). The number of imidazole rings is 1. The highest BCUT2D eigenvalue weighted by atomic mass is 32.2. The molecular weight excluding hydrogens is 548 g/mol. The number of cyclic esters (lactones) is 2. The number of aromatic nitrogens is 6. The van der Waals surface area contributed by atoms with E-state index in [1.807, 2.05) is 55.5 Å². The van der Waals surface area contributed by atoms with Crippen LogP contribution in [0.25, 0.3) is 22.5 Å². The zero-order valence-electron chi connectivity index (χ0n) is 23.0. The number of carbonyl (C=O) groups is 2. The fraction of sp³-hybridized carbons (Fsp3) is 0.357. The number of esters is 1. The third kappa shape index (κ3) is 6.10. The Morgan fingerprint density at radius 2 is 1.88 bits per heavy atom. The average molecular weight is 579 g/mol. The topological polar surface area (TPSA) is 154 Å². The van der Waals surface area contributed by atoms with Crippen molar-refractivity contribution < 1.29 is 28.9 Å². The summed E-state index contributed by atoms with van der Waals surface area (Å²) >= 11 is 1.46. The van der Waals surface area contributed by atoms with Crippen molar-refractivity contribution in [2.75, 3.05) is 12.4 Å². The van der Waals surface area contributed by atoms with E-state index in [0.29, 0.717) is 23.3 Å². The summed E-state index contributed by atoms with van der Waals surface area (Å²) in [5.74, 6) is 0.522. The molecule has 0 amide bonds. The molecule has 2 atom stereocenters. The predicted octanol–water partition coefficient (Wildman–Crippen LogP) is 4.20. The van der Waals surface area contributed by atoms with Crippen molar-refractivity contribution in [3.63, 3.8) is 0 Å². The van der Waals surface area contributed by atoms with Gasteiger partial charge in [0.15, 0.2) is 17.0 Å². The van der Waals surface area contributed by atoms with Gasteiger partial charge in [-0.3, -0.25) is 0 Å². The second-order valence-corrected chi connectivity index (χ2v) is 11.2. The highest BCUT2D eigenvalue weighted by Crippen LogP contribution is 2.32. The third-order valence-corrected chi connectivity index (χ3v) is 7.39. The van der Waals surface area contributed by atoms with Crippen molar-refractivity contribution in [2.45, 2.75) is 57.2 Å². The Kier molecular flexibility index (Phi) is 8.08. The van der Waals surface area contributed by atoms with Crippen molar-refractivity contribution in [1.29, 1.82) is 0 Å². The summed E-state index contributed by atoms with van der Waals surface area (Å²) in [5.41, 5.74) is 2.59. The summed E-state index contributed by atoms with van der Waals surface area (Å²) in [4.78, 5) is 29.6. The van der Waals surface area contributed by atoms with Crippen molar-refractivity contribution in [1.82, 2.24) is 30.2 Å². The van der Waals surface area contributed by atoms with Gasteiger partial charge in [-0.05, 0) is 48.4 Å². The number of thioether (sulfide) groups is 1. The van der Waals surface area contributed by atoms with E-state index < -0.39 is 29.9 Å². The Morgan fingerprint density at radius 1 is 1.15 bits per heavy atom. The third-order valence-electron chi connectivity index (χ3n) is 6.53. The fourth-order valence-electron chi connectivity index (χ4n) is 4.50. The maximum atomic E-state index is 13.5. The molecule has 214 valence electrons. The summed E-state index contributed by atoms with van der Waals surface area (Å²) in [6.45, 7) is 6.91. The van der Waals surface area contributed by atoms with Crippen LogP contribution >= 0.6 is 11.8 Å². The molecule has 13 heteroatoms. The van der Waals surface area contributed by atoms with Crippen molar-refractivity contribution >= 4 is 23.9 Å². The van der Waals surface area contributed by atoms with Crippen LogP contribution in [0.5, 0.6) is 0 Å². The first-order valence-corrected chi connectivity index (χ1v) is 14.1. The second kappa shape index (κ2) is 11.7. The van der Waals surface area contributed by atoms with E-state index in [4.69, 9.17) is 14.2 Å². The molecule has 3 heterocycles. The number of carbonyl (C=O) groups excluding carboxylic acids is 2. The van der Waals surface area contributed by atoms with Crippen molar-refractivity contribution in [3.05, 3.63) is 65.5 Å². The summed E-state index contributed by atoms with van der Waals surface area (Å²) in [7, 11) is 0. The summed E-state index contributed by atoms with van der Waals surface area (Å²) in [5, 5.41) is 25.9. The summed E-state index contributed by atoms with van der Waals surface area (Å²) in [6.07, 6.45) is -2.07. The molecule has 1 aliphatic heterocycles. The molecular formula is C28H30N6O6S. The molecule has 41 heavy (non-hydrogen) atoms. The van der Waals surface area contributed by atoms with E-state index in [0.717, 1.165) is 22.3 Å². The first-order valence-electron chi connectivity index (χ1n) is 13.1. The molecule has 2 aromatic heterocycles.